The van der Waals surface area contributed by atoms with E-state index in [0.717, 1.165) is 5.69 Å². The molecule has 1 N–H and O–H groups in total. The van der Waals surface area contributed by atoms with Gasteiger partial charge in [0.15, 0.2) is 0 Å². The van der Waals surface area contributed by atoms with Crippen molar-refractivity contribution in [3.05, 3.63) is 51.4 Å². The van der Waals surface area contributed by atoms with Crippen LogP contribution in [0.15, 0.2) is 50.7 Å². The highest BCUT2D eigenvalue weighted by molar-refractivity contribution is 9.10. The van der Waals surface area contributed by atoms with E-state index in [2.05, 4.69) is 25.8 Å². The zero-order chi connectivity index (χ0) is 18.0. The molecule has 0 radical (unpaired) electrons. The van der Waals surface area contributed by atoms with Crippen LogP contribution in [0.3, 0.4) is 0 Å². The van der Waals surface area contributed by atoms with Crippen molar-refractivity contribution in [3.8, 4) is 0 Å². The maximum Gasteiger partial charge on any atom is 0.282 e. The van der Waals surface area contributed by atoms with Gasteiger partial charge in [-0.25, -0.2) is 17.8 Å². The van der Waals surface area contributed by atoms with E-state index in [1.165, 1.54) is 4.68 Å². The first kappa shape index (κ1) is 18.1. The van der Waals surface area contributed by atoms with Crippen molar-refractivity contribution in [1.82, 2.24) is 14.5 Å². The van der Waals surface area contributed by atoms with Gasteiger partial charge in [-0.2, -0.15) is 5.10 Å². The molecule has 0 saturated carbocycles. The maximum absolute atomic E-state index is 12.4. The summed E-state index contributed by atoms with van der Waals surface area (Å²) in [5, 5.41) is 4.05. The number of halogens is 1. The van der Waals surface area contributed by atoms with E-state index in [1.54, 1.807) is 43.6 Å². The fourth-order valence-electron chi connectivity index (χ4n) is 2.85. The van der Waals surface area contributed by atoms with E-state index >= 15 is 0 Å². The first-order chi connectivity index (χ1) is 11.9. The van der Waals surface area contributed by atoms with Gasteiger partial charge in [-0.1, -0.05) is 18.2 Å². The molecule has 0 atom stereocenters. The quantitative estimate of drug-likeness (QED) is 0.800. The van der Waals surface area contributed by atoms with Crippen LogP contribution in [0.5, 0.6) is 0 Å². The number of sulfonamides is 1. The molecule has 134 valence electrons. The Kier molecular flexibility index (Phi) is 5.26. The maximum atomic E-state index is 12.4. The van der Waals surface area contributed by atoms with Crippen LogP contribution in [0.1, 0.15) is 12.8 Å². The first-order valence-corrected chi connectivity index (χ1v) is 10.2. The van der Waals surface area contributed by atoms with Crippen molar-refractivity contribution in [2.75, 3.05) is 18.0 Å². The molecule has 1 aromatic carbocycles. The topological polar surface area (TPSA) is 84.3 Å². The highest BCUT2D eigenvalue weighted by Crippen LogP contribution is 2.25. The molecule has 0 spiro atoms. The first-order valence-electron chi connectivity index (χ1n) is 7.92. The minimum absolute atomic E-state index is 0.125. The van der Waals surface area contributed by atoms with Crippen molar-refractivity contribution in [1.29, 1.82) is 0 Å². The van der Waals surface area contributed by atoms with Gasteiger partial charge >= 0.3 is 0 Å². The molecule has 1 aliphatic rings. The number of rotatable bonds is 4. The predicted molar refractivity (Wildman–Crippen MR) is 99.2 cm³/mol. The standard InChI is InChI=1S/C16H19BrN4O3S/c1-20-16(22)15(17)14(11-18-20)21-9-7-12(8-10-21)19-25(23,24)13-5-3-2-4-6-13/h2-6,11-12,19H,7-10H2,1H3. The molecule has 1 saturated heterocycles. The van der Waals surface area contributed by atoms with Crippen LogP contribution in [-0.2, 0) is 17.1 Å². The Morgan fingerprint density at radius 3 is 2.48 bits per heavy atom. The summed E-state index contributed by atoms with van der Waals surface area (Å²) in [6, 6.07) is 8.24. The zero-order valence-corrected chi connectivity index (χ0v) is 16.1. The summed E-state index contributed by atoms with van der Waals surface area (Å²) >= 11 is 3.33. The highest BCUT2D eigenvalue weighted by Gasteiger charge is 2.26. The van der Waals surface area contributed by atoms with Gasteiger partial charge in [0, 0.05) is 26.2 Å². The van der Waals surface area contributed by atoms with Crippen molar-refractivity contribution < 1.29 is 8.42 Å². The summed E-state index contributed by atoms with van der Waals surface area (Å²) in [7, 11) is -1.91. The van der Waals surface area contributed by atoms with Gasteiger partial charge in [0.25, 0.3) is 5.56 Å². The van der Waals surface area contributed by atoms with Crippen molar-refractivity contribution in [3.63, 3.8) is 0 Å². The molecule has 0 aliphatic carbocycles. The van der Waals surface area contributed by atoms with Crippen LogP contribution in [0.25, 0.3) is 0 Å². The monoisotopic (exact) mass is 426 g/mol. The lowest BCUT2D eigenvalue weighted by Gasteiger charge is -2.34. The van der Waals surface area contributed by atoms with Gasteiger partial charge in [0.05, 0.1) is 16.8 Å². The van der Waals surface area contributed by atoms with Crippen LogP contribution < -0.4 is 15.2 Å². The molecule has 1 fully saturated rings. The van der Waals surface area contributed by atoms with E-state index in [0.29, 0.717) is 30.4 Å². The van der Waals surface area contributed by atoms with Gasteiger partial charge in [0.1, 0.15) is 4.47 Å². The number of nitrogens with zero attached hydrogens (tertiary/aromatic N) is 3. The Morgan fingerprint density at radius 2 is 1.84 bits per heavy atom. The molecule has 2 heterocycles. The molecule has 3 rings (SSSR count). The molecule has 7 nitrogen and oxygen atoms in total. The lowest BCUT2D eigenvalue weighted by Crippen LogP contribution is -2.45. The van der Waals surface area contributed by atoms with E-state index in [-0.39, 0.29) is 16.5 Å². The van der Waals surface area contributed by atoms with Crippen LogP contribution in [0.2, 0.25) is 0 Å². The predicted octanol–water partition coefficient (Wildman–Crippen LogP) is 1.49. The number of hydrogen-bond acceptors (Lipinski definition) is 5. The normalized spacial score (nSPS) is 16.2. The fraction of sp³-hybridized carbons (Fsp3) is 0.375. The van der Waals surface area contributed by atoms with Gasteiger partial charge in [-0.15, -0.1) is 0 Å². The second-order valence-corrected chi connectivity index (χ2v) is 8.48. The number of benzene rings is 1. The Morgan fingerprint density at radius 1 is 1.20 bits per heavy atom. The van der Waals surface area contributed by atoms with Crippen LogP contribution in [0, 0.1) is 0 Å². The molecule has 2 aromatic rings. The third-order valence-corrected chi connectivity index (χ3v) is 6.55. The van der Waals surface area contributed by atoms with Crippen molar-refractivity contribution in [2.24, 2.45) is 7.05 Å². The van der Waals surface area contributed by atoms with Gasteiger partial charge in [-0.3, -0.25) is 4.79 Å². The smallest absolute Gasteiger partial charge is 0.282 e. The van der Waals surface area contributed by atoms with Gasteiger partial charge < -0.3 is 4.90 Å². The minimum Gasteiger partial charge on any atom is -0.369 e. The van der Waals surface area contributed by atoms with Crippen LogP contribution >= 0.6 is 15.9 Å². The Balaban J connectivity index is 1.67. The molecular weight excluding hydrogens is 408 g/mol. The number of hydrogen-bond donors (Lipinski definition) is 1. The molecule has 1 aliphatic heterocycles. The van der Waals surface area contributed by atoms with E-state index in [4.69, 9.17) is 0 Å². The molecule has 25 heavy (non-hydrogen) atoms. The summed E-state index contributed by atoms with van der Waals surface area (Å²) in [5.74, 6) is 0. The van der Waals surface area contributed by atoms with E-state index in [1.807, 2.05) is 4.90 Å². The Labute approximate surface area is 154 Å². The molecule has 1 aromatic heterocycles. The summed E-state index contributed by atoms with van der Waals surface area (Å²) in [4.78, 5) is 14.3. The highest BCUT2D eigenvalue weighted by atomic mass is 79.9. The number of piperidine rings is 1. The van der Waals surface area contributed by atoms with E-state index in [9.17, 15) is 13.2 Å². The number of aromatic nitrogens is 2. The second kappa shape index (κ2) is 7.27. The molecule has 0 bridgehead atoms. The van der Waals surface area contributed by atoms with Crippen molar-refractivity contribution >= 4 is 31.6 Å². The number of aryl methyl sites for hydroxylation is 1. The lowest BCUT2D eigenvalue weighted by atomic mass is 10.1. The van der Waals surface area contributed by atoms with Gasteiger partial charge in [-0.05, 0) is 40.9 Å². The number of nitrogens with one attached hydrogen (secondary N) is 1. The molecule has 9 heteroatoms. The van der Waals surface area contributed by atoms with E-state index < -0.39 is 10.0 Å². The zero-order valence-electron chi connectivity index (χ0n) is 13.7. The second-order valence-electron chi connectivity index (χ2n) is 5.97. The SMILES string of the molecule is Cn1ncc(N2CCC(NS(=O)(=O)c3ccccc3)CC2)c(Br)c1=O. The van der Waals surface area contributed by atoms with Crippen molar-refractivity contribution in [2.45, 2.75) is 23.8 Å². The fourth-order valence-corrected chi connectivity index (χ4v) is 4.78. The Hall–Kier alpha value is -1.71. The van der Waals surface area contributed by atoms with Gasteiger partial charge in [0.2, 0.25) is 10.0 Å². The summed E-state index contributed by atoms with van der Waals surface area (Å²) in [6.45, 7) is 1.30. The summed E-state index contributed by atoms with van der Waals surface area (Å²) < 4.78 is 29.3. The van der Waals surface area contributed by atoms with Crippen LogP contribution in [0.4, 0.5) is 5.69 Å². The minimum atomic E-state index is -3.51. The third-order valence-electron chi connectivity index (χ3n) is 4.27. The summed E-state index contributed by atoms with van der Waals surface area (Å²) in [5.41, 5.74) is 0.553. The average molecular weight is 427 g/mol. The van der Waals surface area contributed by atoms with Crippen LogP contribution in [-0.4, -0.2) is 37.3 Å². The molecule has 0 amide bonds. The lowest BCUT2D eigenvalue weighted by molar-refractivity contribution is 0.459. The largest absolute Gasteiger partial charge is 0.369 e. The number of anilines is 1. The summed E-state index contributed by atoms with van der Waals surface area (Å²) in [6.07, 6.45) is 2.97. The Bertz CT molecular complexity index is 907. The molecular formula is C16H19BrN4O3S. The third kappa shape index (κ3) is 3.94. The average Bonchev–Trinajstić information content (AvgIpc) is 2.61. The molecule has 0 unspecified atom stereocenters.